The summed E-state index contributed by atoms with van der Waals surface area (Å²) in [5, 5.41) is 23.7. The van der Waals surface area contributed by atoms with Crippen molar-refractivity contribution in [1.82, 2.24) is 9.80 Å². The molecular weight excluding hydrogens is 644 g/mol. The van der Waals surface area contributed by atoms with Crippen LogP contribution in [0.3, 0.4) is 0 Å². The van der Waals surface area contributed by atoms with Crippen LogP contribution >= 0.6 is 0 Å². The Labute approximate surface area is 307 Å². The molecular formula is C42H70N2O7. The highest BCUT2D eigenvalue weighted by Gasteiger charge is 2.84. The van der Waals surface area contributed by atoms with E-state index in [2.05, 4.69) is 39.5 Å². The summed E-state index contributed by atoms with van der Waals surface area (Å²) >= 11 is 0. The third kappa shape index (κ3) is 5.13. The lowest BCUT2D eigenvalue weighted by Crippen LogP contribution is -2.60. The summed E-state index contributed by atoms with van der Waals surface area (Å²) < 4.78 is 26.3. The molecule has 290 valence electrons. The van der Waals surface area contributed by atoms with Crippen molar-refractivity contribution in [2.24, 2.45) is 50.7 Å². The summed E-state index contributed by atoms with van der Waals surface area (Å²) in [4.78, 5) is 17.3. The van der Waals surface area contributed by atoms with Gasteiger partial charge in [-0.25, -0.2) is 0 Å². The monoisotopic (exact) mass is 715 g/mol. The van der Waals surface area contributed by atoms with Crippen LogP contribution in [0.4, 0.5) is 0 Å². The number of ether oxygens (including phenoxy) is 4. The highest BCUT2D eigenvalue weighted by molar-refractivity contribution is 5.82. The third-order valence-electron chi connectivity index (χ3n) is 17.6. The molecule has 0 aromatic heterocycles. The van der Waals surface area contributed by atoms with Gasteiger partial charge in [-0.3, -0.25) is 9.69 Å². The van der Waals surface area contributed by atoms with Crippen LogP contribution in [0.25, 0.3) is 0 Å². The van der Waals surface area contributed by atoms with Crippen molar-refractivity contribution in [1.29, 1.82) is 0 Å². The van der Waals surface area contributed by atoms with E-state index in [4.69, 9.17) is 18.9 Å². The fraction of sp³-hybridized carbons (Fsp3) is 0.976. The predicted octanol–water partition coefficient (Wildman–Crippen LogP) is 5.64. The van der Waals surface area contributed by atoms with E-state index in [1.807, 2.05) is 32.6 Å². The van der Waals surface area contributed by atoms with Gasteiger partial charge in [0.25, 0.3) is 0 Å². The number of likely N-dealkylation sites (tertiary alicyclic amines) is 1. The van der Waals surface area contributed by atoms with Crippen LogP contribution in [0.2, 0.25) is 0 Å². The molecule has 0 aromatic carbocycles. The van der Waals surface area contributed by atoms with Crippen LogP contribution < -0.4 is 0 Å². The van der Waals surface area contributed by atoms with E-state index < -0.39 is 17.8 Å². The van der Waals surface area contributed by atoms with E-state index in [0.717, 1.165) is 51.7 Å². The second-order valence-corrected chi connectivity index (χ2v) is 20.4. The Morgan fingerprint density at radius 1 is 1.02 bits per heavy atom. The molecule has 3 heterocycles. The summed E-state index contributed by atoms with van der Waals surface area (Å²) in [6.45, 7) is 24.3. The molecule has 51 heavy (non-hydrogen) atoms. The summed E-state index contributed by atoms with van der Waals surface area (Å²) in [7, 11) is 0. The summed E-state index contributed by atoms with van der Waals surface area (Å²) in [6.07, 6.45) is 8.60. The van der Waals surface area contributed by atoms with Crippen molar-refractivity contribution in [3.8, 4) is 0 Å². The Morgan fingerprint density at radius 2 is 1.73 bits per heavy atom. The van der Waals surface area contributed by atoms with E-state index in [1.54, 1.807) is 0 Å². The van der Waals surface area contributed by atoms with Gasteiger partial charge in [0.2, 0.25) is 5.91 Å². The van der Waals surface area contributed by atoms with E-state index in [0.29, 0.717) is 48.8 Å². The molecule has 8 fully saturated rings. The zero-order chi connectivity index (χ0) is 36.5. The van der Waals surface area contributed by atoms with E-state index in [9.17, 15) is 15.0 Å². The molecule has 0 radical (unpaired) electrons. The summed E-state index contributed by atoms with van der Waals surface area (Å²) in [6, 6.07) is -0.135. The lowest BCUT2D eigenvalue weighted by Gasteiger charge is -2.64. The molecule has 3 saturated heterocycles. The van der Waals surface area contributed by atoms with Crippen molar-refractivity contribution in [2.45, 2.75) is 169 Å². The maximum absolute atomic E-state index is 13.0. The summed E-state index contributed by atoms with van der Waals surface area (Å²) in [5.41, 5.74) is -0.659. The molecule has 9 nitrogen and oxygen atoms in total. The van der Waals surface area contributed by atoms with Crippen LogP contribution in [0, 0.1) is 50.7 Å². The van der Waals surface area contributed by atoms with Crippen LogP contribution in [0.15, 0.2) is 0 Å². The number of rotatable bonds is 8. The zero-order valence-corrected chi connectivity index (χ0v) is 33.3. The van der Waals surface area contributed by atoms with Crippen molar-refractivity contribution < 1.29 is 34.0 Å². The number of amides is 1. The predicted molar refractivity (Wildman–Crippen MR) is 195 cm³/mol. The van der Waals surface area contributed by atoms with Crippen LogP contribution in [0.5, 0.6) is 0 Å². The number of hydrogen-bond donors (Lipinski definition) is 2. The van der Waals surface area contributed by atoms with Crippen LogP contribution in [-0.2, 0) is 23.7 Å². The quantitative estimate of drug-likeness (QED) is 0.334. The number of nitrogens with zero attached hydrogens (tertiary/aromatic N) is 2. The van der Waals surface area contributed by atoms with Crippen molar-refractivity contribution >= 4 is 5.91 Å². The van der Waals surface area contributed by atoms with E-state index in [-0.39, 0.29) is 58.2 Å². The molecule has 8 aliphatic rings. The molecule has 2 N–H and O–H groups in total. The maximum atomic E-state index is 13.0. The van der Waals surface area contributed by atoms with Gasteiger partial charge in [0, 0.05) is 31.7 Å². The fourth-order valence-electron chi connectivity index (χ4n) is 14.9. The number of carbonyl (C=O) groups is 1. The van der Waals surface area contributed by atoms with E-state index >= 15 is 0 Å². The van der Waals surface area contributed by atoms with Gasteiger partial charge in [0.1, 0.15) is 6.10 Å². The molecule has 9 heteroatoms. The largest absolute Gasteiger partial charge is 0.390 e. The molecule has 1 amide bonds. The van der Waals surface area contributed by atoms with Crippen LogP contribution in [-0.4, -0.2) is 114 Å². The Hall–Kier alpha value is -0.810. The number of morpholine rings is 1. The number of hydrogen-bond acceptors (Lipinski definition) is 8. The molecule has 2 spiro atoms. The van der Waals surface area contributed by atoms with Gasteiger partial charge in [-0.05, 0) is 131 Å². The molecule has 1 unspecified atom stereocenters. The second-order valence-electron chi connectivity index (χ2n) is 20.4. The molecule has 5 saturated carbocycles. The van der Waals surface area contributed by atoms with Gasteiger partial charge >= 0.3 is 0 Å². The SMILES string of the molecule is CCO[C@@H]([C@H]1C[C@@H](C)[C@H]2[C@H](O1)[C@H](O)[C@@]1(C)[C@@H]3CC[C@H]4C(C)(C)C(O[C@H]5CN([C@H](C)C(=O)N6CCC6)CCO5)CC[C@@]45C[C@@]35CC[C@]21C)C(C)(C)O. The minimum atomic E-state index is -1.02. The molecule has 15 atom stereocenters. The molecule has 0 aromatic rings. The third-order valence-corrected chi connectivity index (χ3v) is 17.6. The maximum Gasteiger partial charge on any atom is 0.239 e. The molecule has 3 aliphatic heterocycles. The van der Waals surface area contributed by atoms with Gasteiger partial charge in [-0.15, -0.1) is 0 Å². The Morgan fingerprint density at radius 3 is 2.39 bits per heavy atom. The average molecular weight is 715 g/mol. The van der Waals surface area contributed by atoms with Gasteiger partial charge in [-0.1, -0.05) is 34.6 Å². The van der Waals surface area contributed by atoms with Gasteiger partial charge in [-0.2, -0.15) is 0 Å². The minimum absolute atomic E-state index is 0.00194. The smallest absolute Gasteiger partial charge is 0.239 e. The van der Waals surface area contributed by atoms with Crippen molar-refractivity contribution in [3.05, 3.63) is 0 Å². The van der Waals surface area contributed by atoms with Gasteiger partial charge < -0.3 is 34.1 Å². The van der Waals surface area contributed by atoms with Gasteiger partial charge in [0.05, 0.1) is 49.2 Å². The first kappa shape index (κ1) is 37.1. The van der Waals surface area contributed by atoms with Crippen molar-refractivity contribution in [3.63, 3.8) is 0 Å². The van der Waals surface area contributed by atoms with Crippen molar-refractivity contribution in [2.75, 3.05) is 39.4 Å². The number of fused-ring (bicyclic) bond motifs is 4. The first-order valence-electron chi connectivity index (χ1n) is 20.9. The normalized spacial score (nSPS) is 50.1. The zero-order valence-electron chi connectivity index (χ0n) is 33.3. The average Bonchev–Trinajstić information content (AvgIpc) is 3.68. The topological polar surface area (TPSA) is 101 Å². The Balaban J connectivity index is 0.993. The Kier molecular flexibility index (Phi) is 8.99. The Bertz CT molecular complexity index is 1350. The molecule has 8 rings (SSSR count). The van der Waals surface area contributed by atoms with E-state index in [1.165, 1.54) is 25.7 Å². The number of aliphatic hydroxyl groups is 2. The highest BCUT2D eigenvalue weighted by Crippen LogP contribution is 2.89. The van der Waals surface area contributed by atoms with Gasteiger partial charge in [0.15, 0.2) is 6.29 Å². The first-order valence-corrected chi connectivity index (χ1v) is 20.9. The second kappa shape index (κ2) is 12.3. The number of aliphatic hydroxyl groups excluding tert-OH is 1. The molecule has 0 bridgehead atoms. The minimum Gasteiger partial charge on any atom is -0.390 e. The highest BCUT2D eigenvalue weighted by atomic mass is 16.7. The number of carbonyl (C=O) groups excluding carboxylic acids is 1. The fourth-order valence-corrected chi connectivity index (χ4v) is 14.9. The summed E-state index contributed by atoms with van der Waals surface area (Å²) in [5.74, 6) is 1.97. The molecule has 5 aliphatic carbocycles. The lowest BCUT2D eigenvalue weighted by atomic mass is 9.41. The standard InChI is InChI=1S/C42H70N2O7/c1-10-48-35(38(6,7)47)27-22-25(2)32-33(50-27)34(45)40(9)29-13-12-28-37(4,5)30(14-15-41(28)24-42(29,41)17-16-39(32,40)8)51-31-23-44(20-21-49-31)26(3)36(46)43-18-11-19-43/h25-35,45,47H,10-24H2,1-9H3/t25-,26-,27-,28+,29+,30?,31+,32+,33+,34+,35+,39-,40-,41-,42+/m1/s1. The first-order chi connectivity index (χ1) is 24.0. The lowest BCUT2D eigenvalue weighted by molar-refractivity contribution is -0.250. The van der Waals surface area contributed by atoms with Crippen LogP contribution in [0.1, 0.15) is 120 Å².